The average molecular weight is 389 g/mol. The van der Waals surface area contributed by atoms with Crippen LogP contribution in [-0.4, -0.2) is 43.4 Å². The first kappa shape index (κ1) is 20.7. The molecule has 0 fully saturated rings. The summed E-state index contributed by atoms with van der Waals surface area (Å²) in [4.78, 5) is 25.4. The number of fused-ring (bicyclic) bond motifs is 2. The van der Waals surface area contributed by atoms with Crippen molar-refractivity contribution >= 4 is 29.5 Å². The van der Waals surface area contributed by atoms with Crippen LogP contribution in [0.2, 0.25) is 0 Å². The zero-order valence-electron chi connectivity index (χ0n) is 17.1. The van der Waals surface area contributed by atoms with Crippen molar-refractivity contribution in [1.82, 2.24) is 4.90 Å². The summed E-state index contributed by atoms with van der Waals surface area (Å²) < 4.78 is 4.84. The van der Waals surface area contributed by atoms with Crippen LogP contribution in [0.3, 0.4) is 0 Å². The molecular weight excluding hydrogens is 362 g/mol. The predicted molar refractivity (Wildman–Crippen MR) is 117 cm³/mol. The van der Waals surface area contributed by atoms with Gasteiger partial charge in [0, 0.05) is 6.54 Å². The number of hydrogen-bond acceptors (Lipinski definition) is 4. The first-order valence-corrected chi connectivity index (χ1v) is 10.0. The summed E-state index contributed by atoms with van der Waals surface area (Å²) in [5, 5.41) is 0. The van der Waals surface area contributed by atoms with E-state index in [2.05, 4.69) is 66.8 Å². The van der Waals surface area contributed by atoms with Crippen molar-refractivity contribution in [3.8, 4) is 0 Å². The van der Waals surface area contributed by atoms with Gasteiger partial charge in [0.05, 0.1) is 13.2 Å². The van der Waals surface area contributed by atoms with Gasteiger partial charge in [-0.15, -0.1) is 0 Å². The summed E-state index contributed by atoms with van der Waals surface area (Å²) in [5.74, 6) is -0.569. The van der Waals surface area contributed by atoms with Crippen LogP contribution in [0.1, 0.15) is 42.0 Å². The van der Waals surface area contributed by atoms with Gasteiger partial charge in [-0.05, 0) is 48.2 Å². The highest BCUT2D eigenvalue weighted by atomic mass is 16.5. The maximum atomic E-state index is 12.0. The van der Waals surface area contributed by atoms with Gasteiger partial charge in [0.1, 0.15) is 6.42 Å². The van der Waals surface area contributed by atoms with E-state index in [0.29, 0.717) is 6.61 Å². The Morgan fingerprint density at radius 3 is 2.14 bits per heavy atom. The van der Waals surface area contributed by atoms with Crippen molar-refractivity contribution in [2.75, 3.05) is 26.7 Å². The predicted octanol–water partition coefficient (Wildman–Crippen LogP) is 4.45. The molecule has 0 spiro atoms. The molecule has 1 aliphatic carbocycles. The van der Waals surface area contributed by atoms with Crippen LogP contribution < -0.4 is 0 Å². The molecule has 3 rings (SSSR count). The number of hydrogen-bond donors (Lipinski definition) is 0. The lowest BCUT2D eigenvalue weighted by Gasteiger charge is -2.16. The Labute approximate surface area is 172 Å². The van der Waals surface area contributed by atoms with E-state index in [1.807, 2.05) is 11.9 Å². The zero-order chi connectivity index (χ0) is 20.6. The van der Waals surface area contributed by atoms with Gasteiger partial charge in [-0.1, -0.05) is 66.8 Å². The molecule has 0 atom stereocenters. The fourth-order valence-corrected chi connectivity index (χ4v) is 3.56. The highest BCUT2D eigenvalue weighted by Crippen LogP contribution is 2.33. The Morgan fingerprint density at radius 1 is 0.966 bits per heavy atom. The molecule has 1 aliphatic rings. The van der Waals surface area contributed by atoms with E-state index in [1.54, 1.807) is 6.92 Å². The molecule has 0 saturated heterocycles. The number of rotatable bonds is 8. The van der Waals surface area contributed by atoms with Gasteiger partial charge in [-0.3, -0.25) is 14.5 Å². The molecule has 2 aromatic rings. The van der Waals surface area contributed by atoms with E-state index < -0.39 is 5.97 Å². The topological polar surface area (TPSA) is 46.6 Å². The van der Waals surface area contributed by atoms with Crippen molar-refractivity contribution in [2.24, 2.45) is 0 Å². The summed E-state index contributed by atoms with van der Waals surface area (Å²) in [6, 6.07) is 16.8. The van der Waals surface area contributed by atoms with Crippen molar-refractivity contribution in [2.45, 2.75) is 19.8 Å². The SMILES string of the molecule is CCOC(=O)CC(=O)CN(C)CCC=C1c2ccccc2C=Cc2ccccc21. The molecule has 0 saturated carbocycles. The Kier molecular flexibility index (Phi) is 7.14. The fourth-order valence-electron chi connectivity index (χ4n) is 3.56. The van der Waals surface area contributed by atoms with Crippen molar-refractivity contribution < 1.29 is 14.3 Å². The normalized spacial score (nSPS) is 12.2. The van der Waals surface area contributed by atoms with E-state index in [0.717, 1.165) is 13.0 Å². The summed E-state index contributed by atoms with van der Waals surface area (Å²) in [6.45, 7) is 3.02. The number of carbonyl (C=O) groups is 2. The molecule has 0 aromatic heterocycles. The van der Waals surface area contributed by atoms with Crippen LogP contribution in [-0.2, 0) is 14.3 Å². The second-order valence-corrected chi connectivity index (χ2v) is 7.17. The number of benzene rings is 2. The van der Waals surface area contributed by atoms with E-state index >= 15 is 0 Å². The minimum absolute atomic E-state index is 0.118. The number of ether oxygens (including phenoxy) is 1. The number of carbonyl (C=O) groups excluding carboxylic acids is 2. The van der Waals surface area contributed by atoms with Gasteiger partial charge >= 0.3 is 5.97 Å². The number of ketones is 1. The molecule has 0 N–H and O–H groups in total. The van der Waals surface area contributed by atoms with Crippen LogP contribution in [0.25, 0.3) is 17.7 Å². The minimum Gasteiger partial charge on any atom is -0.466 e. The third-order valence-corrected chi connectivity index (χ3v) is 4.90. The van der Waals surface area contributed by atoms with Crippen molar-refractivity contribution in [3.63, 3.8) is 0 Å². The summed E-state index contributed by atoms with van der Waals surface area (Å²) in [5.41, 5.74) is 6.05. The van der Waals surface area contributed by atoms with E-state index in [9.17, 15) is 9.59 Å². The summed E-state index contributed by atoms with van der Waals surface area (Å²) in [6.07, 6.45) is 7.22. The lowest BCUT2D eigenvalue weighted by atomic mass is 9.93. The standard InChI is InChI=1S/C25H27NO3/c1-3-29-25(28)17-21(27)18-26(2)16-8-13-24-22-11-6-4-9-19(22)14-15-20-10-5-7-12-23(20)24/h4-7,9-15H,3,8,16-18H2,1-2H3. The molecule has 0 bridgehead atoms. The second kappa shape index (κ2) is 9.99. The molecule has 2 aromatic carbocycles. The Balaban J connectivity index is 1.70. The number of likely N-dealkylation sites (N-methyl/N-ethyl adjacent to an activating group) is 1. The molecule has 4 nitrogen and oxygen atoms in total. The molecule has 0 aliphatic heterocycles. The van der Waals surface area contributed by atoms with Gasteiger partial charge in [0.25, 0.3) is 0 Å². The van der Waals surface area contributed by atoms with E-state index in [1.165, 1.54) is 27.8 Å². The molecular formula is C25H27NO3. The van der Waals surface area contributed by atoms with Crippen molar-refractivity contribution in [1.29, 1.82) is 0 Å². The molecule has 4 heteroatoms. The third kappa shape index (κ3) is 5.52. The Bertz CT molecular complexity index is 891. The quantitative estimate of drug-likeness (QED) is 0.422. The fraction of sp³-hybridized carbons (Fsp3) is 0.280. The first-order chi connectivity index (χ1) is 14.1. The third-order valence-electron chi connectivity index (χ3n) is 4.90. The molecule has 29 heavy (non-hydrogen) atoms. The Hall–Kier alpha value is -2.98. The van der Waals surface area contributed by atoms with Gasteiger partial charge in [-0.2, -0.15) is 0 Å². The largest absolute Gasteiger partial charge is 0.466 e. The van der Waals surface area contributed by atoms with Crippen molar-refractivity contribution in [3.05, 3.63) is 76.9 Å². The molecule has 150 valence electrons. The highest BCUT2D eigenvalue weighted by Gasteiger charge is 2.15. The highest BCUT2D eigenvalue weighted by molar-refractivity contribution is 5.96. The second-order valence-electron chi connectivity index (χ2n) is 7.17. The van der Waals surface area contributed by atoms with E-state index in [-0.39, 0.29) is 18.7 Å². The molecule has 0 unspecified atom stereocenters. The van der Waals surface area contributed by atoms with E-state index in [4.69, 9.17) is 4.74 Å². The lowest BCUT2D eigenvalue weighted by molar-refractivity contribution is -0.145. The van der Waals surface area contributed by atoms with Crippen LogP contribution in [0.15, 0.2) is 54.6 Å². The van der Waals surface area contributed by atoms with Gasteiger partial charge < -0.3 is 4.74 Å². The lowest BCUT2D eigenvalue weighted by Crippen LogP contribution is -2.28. The smallest absolute Gasteiger partial charge is 0.313 e. The van der Waals surface area contributed by atoms with Gasteiger partial charge in [0.2, 0.25) is 0 Å². The van der Waals surface area contributed by atoms with Crippen LogP contribution in [0, 0.1) is 0 Å². The number of Topliss-reactive ketones (excluding diaryl/α,β-unsaturated/α-hetero) is 1. The zero-order valence-corrected chi connectivity index (χ0v) is 17.1. The molecule has 0 radical (unpaired) electrons. The minimum atomic E-state index is -0.452. The van der Waals surface area contributed by atoms with Crippen LogP contribution in [0.4, 0.5) is 0 Å². The van der Waals surface area contributed by atoms with Gasteiger partial charge in [0.15, 0.2) is 5.78 Å². The summed E-state index contributed by atoms with van der Waals surface area (Å²) in [7, 11) is 1.90. The van der Waals surface area contributed by atoms with Gasteiger partial charge in [-0.25, -0.2) is 0 Å². The van der Waals surface area contributed by atoms with Crippen LogP contribution in [0.5, 0.6) is 0 Å². The Morgan fingerprint density at radius 2 is 1.55 bits per heavy atom. The maximum absolute atomic E-state index is 12.0. The molecule has 0 heterocycles. The number of esters is 1. The maximum Gasteiger partial charge on any atom is 0.313 e. The first-order valence-electron chi connectivity index (χ1n) is 10.0. The molecule has 0 amide bonds. The number of nitrogens with zero attached hydrogens (tertiary/aromatic N) is 1. The van der Waals surface area contributed by atoms with Crippen LogP contribution >= 0.6 is 0 Å². The summed E-state index contributed by atoms with van der Waals surface area (Å²) >= 11 is 0. The monoisotopic (exact) mass is 389 g/mol. The average Bonchev–Trinajstić information content (AvgIpc) is 2.85.